The standard InChI is InChI=1S/C23H26F4N4O4/c1-22(2,3)35-21(34)28-11-14-12-30(13-16(14)23(25,26)27)20(33)29-18-8-7-15(10-17(18)24)31-9-5-4-6-19(31)32/h4-10,14,16H,11-13H2,1-3H3,(H,28,34)(H,29,33)/t14-,16-/m1/s1. The number of pyridine rings is 1. The Hall–Kier alpha value is -3.57. The third-order valence-corrected chi connectivity index (χ3v) is 5.35. The van der Waals surface area contributed by atoms with E-state index in [9.17, 15) is 31.9 Å². The Balaban J connectivity index is 1.68. The van der Waals surface area contributed by atoms with Crippen LogP contribution in [0.25, 0.3) is 5.69 Å². The van der Waals surface area contributed by atoms with Gasteiger partial charge < -0.3 is 20.3 Å². The highest BCUT2D eigenvalue weighted by Gasteiger charge is 2.50. The minimum Gasteiger partial charge on any atom is -0.444 e. The lowest BCUT2D eigenvalue weighted by molar-refractivity contribution is -0.179. The van der Waals surface area contributed by atoms with E-state index in [2.05, 4.69) is 10.6 Å². The number of alkyl carbamates (subject to hydrolysis) is 1. The lowest BCUT2D eigenvalue weighted by Crippen LogP contribution is -2.39. The molecule has 8 nitrogen and oxygen atoms in total. The highest BCUT2D eigenvalue weighted by Crippen LogP contribution is 2.37. The maximum absolute atomic E-state index is 14.6. The van der Waals surface area contributed by atoms with E-state index < -0.39 is 48.1 Å². The van der Waals surface area contributed by atoms with Gasteiger partial charge in [0.1, 0.15) is 11.4 Å². The fourth-order valence-corrected chi connectivity index (χ4v) is 3.73. The first kappa shape index (κ1) is 26.0. The molecule has 2 aromatic rings. The van der Waals surface area contributed by atoms with Crippen molar-refractivity contribution in [2.24, 2.45) is 11.8 Å². The minimum atomic E-state index is -4.61. The fraction of sp³-hybridized carbons (Fsp3) is 0.435. The zero-order valence-electron chi connectivity index (χ0n) is 19.4. The SMILES string of the molecule is CC(C)(C)OC(=O)NC[C@@H]1CN(C(=O)Nc2ccc(-n3ccccc3=O)cc2F)C[C@H]1C(F)(F)F. The van der Waals surface area contributed by atoms with Crippen LogP contribution in [0.1, 0.15) is 20.8 Å². The predicted molar refractivity (Wildman–Crippen MR) is 120 cm³/mol. The van der Waals surface area contributed by atoms with Gasteiger partial charge in [-0.25, -0.2) is 14.0 Å². The molecule has 0 aliphatic carbocycles. The molecule has 2 N–H and O–H groups in total. The van der Waals surface area contributed by atoms with E-state index in [0.717, 1.165) is 11.0 Å². The van der Waals surface area contributed by atoms with E-state index in [-0.39, 0.29) is 30.0 Å². The number of nitrogens with zero attached hydrogens (tertiary/aromatic N) is 2. The molecule has 12 heteroatoms. The molecule has 1 aliphatic heterocycles. The van der Waals surface area contributed by atoms with Gasteiger partial charge in [-0.3, -0.25) is 9.36 Å². The molecule has 3 amide bonds. The first-order valence-corrected chi connectivity index (χ1v) is 10.8. The van der Waals surface area contributed by atoms with Gasteiger partial charge in [0, 0.05) is 43.9 Å². The maximum Gasteiger partial charge on any atom is 0.407 e. The van der Waals surface area contributed by atoms with E-state index in [1.807, 2.05) is 0 Å². The third-order valence-electron chi connectivity index (χ3n) is 5.35. The van der Waals surface area contributed by atoms with E-state index in [4.69, 9.17) is 4.74 Å². The Morgan fingerprint density at radius 3 is 2.43 bits per heavy atom. The van der Waals surface area contributed by atoms with Gasteiger partial charge in [0.05, 0.1) is 17.3 Å². The van der Waals surface area contributed by atoms with Crippen molar-refractivity contribution in [3.8, 4) is 5.69 Å². The van der Waals surface area contributed by atoms with Gasteiger partial charge in [0.2, 0.25) is 0 Å². The number of urea groups is 1. The van der Waals surface area contributed by atoms with E-state index in [1.54, 1.807) is 26.8 Å². The second kappa shape index (κ2) is 9.96. The van der Waals surface area contributed by atoms with Crippen molar-refractivity contribution in [2.45, 2.75) is 32.5 Å². The number of hydrogen-bond donors (Lipinski definition) is 2. The highest BCUT2D eigenvalue weighted by molar-refractivity contribution is 5.89. The Morgan fingerprint density at radius 2 is 1.83 bits per heavy atom. The number of ether oxygens (including phenoxy) is 1. The molecule has 2 heterocycles. The lowest BCUT2D eigenvalue weighted by atomic mass is 9.95. The molecule has 2 atom stereocenters. The zero-order chi connectivity index (χ0) is 26.0. The average Bonchev–Trinajstić information content (AvgIpc) is 3.18. The summed E-state index contributed by atoms with van der Waals surface area (Å²) in [6.45, 7) is 3.57. The maximum atomic E-state index is 14.6. The van der Waals surface area contributed by atoms with E-state index >= 15 is 0 Å². The number of rotatable bonds is 4. The molecule has 1 fully saturated rings. The summed E-state index contributed by atoms with van der Waals surface area (Å²) in [5, 5.41) is 4.60. The summed E-state index contributed by atoms with van der Waals surface area (Å²) in [5.41, 5.74) is -1.23. The summed E-state index contributed by atoms with van der Waals surface area (Å²) in [5.74, 6) is -3.84. The fourth-order valence-electron chi connectivity index (χ4n) is 3.73. The van der Waals surface area contributed by atoms with Crippen LogP contribution in [0, 0.1) is 17.7 Å². The number of amides is 3. The average molecular weight is 498 g/mol. The lowest BCUT2D eigenvalue weighted by Gasteiger charge is -2.23. The molecule has 0 bridgehead atoms. The zero-order valence-corrected chi connectivity index (χ0v) is 19.4. The van der Waals surface area contributed by atoms with Gasteiger partial charge in [0.25, 0.3) is 5.56 Å². The monoisotopic (exact) mass is 498 g/mol. The van der Waals surface area contributed by atoms with Crippen LogP contribution in [0.5, 0.6) is 0 Å². The van der Waals surface area contributed by atoms with Crippen LogP contribution in [-0.4, -0.2) is 53.0 Å². The Bertz CT molecular complexity index is 1140. The molecule has 0 spiro atoms. The molecule has 1 aromatic heterocycles. The molecule has 0 radical (unpaired) electrons. The number of carbonyl (C=O) groups excluding carboxylic acids is 2. The summed E-state index contributed by atoms with van der Waals surface area (Å²) in [6.07, 6.45) is -4.02. The van der Waals surface area contributed by atoms with E-state index in [0.29, 0.717) is 0 Å². The first-order valence-electron chi connectivity index (χ1n) is 10.8. The number of anilines is 1. The van der Waals surface area contributed by atoms with Crippen LogP contribution in [0.3, 0.4) is 0 Å². The minimum absolute atomic E-state index is 0.220. The molecular weight excluding hydrogens is 472 g/mol. The number of likely N-dealkylation sites (tertiary alicyclic amines) is 1. The van der Waals surface area contributed by atoms with Gasteiger partial charge in [0.15, 0.2) is 0 Å². The number of benzene rings is 1. The molecule has 0 saturated carbocycles. The van der Waals surface area contributed by atoms with Gasteiger partial charge in [-0.05, 0) is 39.0 Å². The van der Waals surface area contributed by atoms with Crippen molar-refractivity contribution in [3.63, 3.8) is 0 Å². The second-order valence-corrected chi connectivity index (χ2v) is 9.20. The summed E-state index contributed by atoms with van der Waals surface area (Å²) in [6, 6.07) is 7.16. The molecule has 1 saturated heterocycles. The second-order valence-electron chi connectivity index (χ2n) is 9.20. The van der Waals surface area contributed by atoms with Crippen molar-refractivity contribution < 1.29 is 31.9 Å². The smallest absolute Gasteiger partial charge is 0.407 e. The molecule has 3 rings (SSSR count). The van der Waals surface area contributed by atoms with Crippen molar-refractivity contribution in [3.05, 3.63) is 58.8 Å². The molecule has 1 aliphatic rings. The first-order chi connectivity index (χ1) is 16.2. The molecule has 190 valence electrons. The van der Waals surface area contributed by atoms with Crippen LogP contribution in [0.4, 0.5) is 32.8 Å². The van der Waals surface area contributed by atoms with Crippen molar-refractivity contribution in [2.75, 3.05) is 25.0 Å². The molecule has 1 aromatic carbocycles. The summed E-state index contributed by atoms with van der Waals surface area (Å²) in [4.78, 5) is 37.3. The normalized spacial score (nSPS) is 18.3. The third kappa shape index (κ3) is 6.74. The topological polar surface area (TPSA) is 92.7 Å². The number of aromatic nitrogens is 1. The largest absolute Gasteiger partial charge is 0.444 e. The number of carbonyl (C=O) groups is 2. The summed E-state index contributed by atoms with van der Waals surface area (Å²) < 4.78 is 61.6. The van der Waals surface area contributed by atoms with Crippen LogP contribution < -0.4 is 16.2 Å². The van der Waals surface area contributed by atoms with Crippen molar-refractivity contribution in [1.29, 1.82) is 0 Å². The summed E-state index contributed by atoms with van der Waals surface area (Å²) >= 11 is 0. The van der Waals surface area contributed by atoms with Crippen molar-refractivity contribution in [1.82, 2.24) is 14.8 Å². The van der Waals surface area contributed by atoms with Crippen LogP contribution in [-0.2, 0) is 4.74 Å². The Kier molecular flexibility index (Phi) is 7.41. The molecular formula is C23H26F4N4O4. The summed E-state index contributed by atoms with van der Waals surface area (Å²) in [7, 11) is 0. The number of alkyl halides is 3. The van der Waals surface area contributed by atoms with Crippen LogP contribution in [0.2, 0.25) is 0 Å². The van der Waals surface area contributed by atoms with Gasteiger partial charge in [-0.2, -0.15) is 13.2 Å². The van der Waals surface area contributed by atoms with Gasteiger partial charge in [-0.15, -0.1) is 0 Å². The van der Waals surface area contributed by atoms with Crippen LogP contribution >= 0.6 is 0 Å². The Labute approximate surface area is 198 Å². The molecule has 0 unspecified atom stereocenters. The van der Waals surface area contributed by atoms with Gasteiger partial charge >= 0.3 is 18.3 Å². The van der Waals surface area contributed by atoms with E-state index in [1.165, 1.54) is 35.0 Å². The highest BCUT2D eigenvalue weighted by atomic mass is 19.4. The number of halogens is 4. The van der Waals surface area contributed by atoms with Crippen LogP contribution in [0.15, 0.2) is 47.4 Å². The Morgan fingerprint density at radius 1 is 1.11 bits per heavy atom. The predicted octanol–water partition coefficient (Wildman–Crippen LogP) is 4.14. The van der Waals surface area contributed by atoms with Crippen molar-refractivity contribution >= 4 is 17.8 Å². The number of nitrogens with one attached hydrogen (secondary N) is 2. The van der Waals surface area contributed by atoms with Gasteiger partial charge in [-0.1, -0.05) is 6.07 Å². The quantitative estimate of drug-likeness (QED) is 0.620. The molecule has 35 heavy (non-hydrogen) atoms. The number of hydrogen-bond acceptors (Lipinski definition) is 4.